The number of hydrogen-bond acceptors (Lipinski definition) is 7. The summed E-state index contributed by atoms with van der Waals surface area (Å²) in [7, 11) is 1.60. The summed E-state index contributed by atoms with van der Waals surface area (Å²) in [6.07, 6.45) is 1.73. The van der Waals surface area contributed by atoms with Gasteiger partial charge < -0.3 is 14.5 Å². The second-order valence-electron chi connectivity index (χ2n) is 9.25. The van der Waals surface area contributed by atoms with Gasteiger partial charge in [-0.3, -0.25) is 14.2 Å². The molecule has 1 atom stereocenters. The molecule has 3 heterocycles. The topological polar surface area (TPSA) is 85.8 Å². The SMILES string of the molecule is COc1ccc(C2C(C(=O)Nc3ccccc3)=C(C)N=c3s/c(=C\c4ccc(Sc5ccccc5)o4)c(=O)n32)cc1. The number of allylic oxidation sites excluding steroid dienone is 1. The number of amides is 1. The van der Waals surface area contributed by atoms with Crippen LogP contribution in [-0.2, 0) is 4.79 Å². The van der Waals surface area contributed by atoms with E-state index in [2.05, 4.69) is 5.32 Å². The molecule has 204 valence electrons. The number of methoxy groups -OCH3 is 1. The number of ether oxygens (including phenoxy) is 1. The van der Waals surface area contributed by atoms with E-state index in [1.807, 2.05) is 97.1 Å². The quantitative estimate of drug-likeness (QED) is 0.270. The number of furan rings is 1. The van der Waals surface area contributed by atoms with Crippen molar-refractivity contribution in [2.75, 3.05) is 12.4 Å². The van der Waals surface area contributed by atoms with Gasteiger partial charge in [0.1, 0.15) is 11.5 Å². The number of nitrogens with zero attached hydrogens (tertiary/aromatic N) is 2. The molecule has 0 bridgehead atoms. The Bertz CT molecular complexity index is 1920. The normalized spacial score (nSPS) is 14.9. The monoisotopic (exact) mass is 579 g/mol. The van der Waals surface area contributed by atoms with Crippen molar-refractivity contribution in [1.82, 2.24) is 4.57 Å². The van der Waals surface area contributed by atoms with Crippen LogP contribution in [0.25, 0.3) is 6.08 Å². The minimum absolute atomic E-state index is 0.249. The fourth-order valence-corrected chi connectivity index (χ4v) is 6.46. The molecule has 1 amide bonds. The third kappa shape index (κ3) is 5.54. The van der Waals surface area contributed by atoms with E-state index >= 15 is 0 Å². The number of nitrogens with one attached hydrogen (secondary N) is 1. The number of carbonyl (C=O) groups excluding carboxylic acids is 1. The lowest BCUT2D eigenvalue weighted by Gasteiger charge is -2.25. The number of fused-ring (bicyclic) bond motifs is 1. The van der Waals surface area contributed by atoms with Gasteiger partial charge in [0.05, 0.1) is 29.0 Å². The van der Waals surface area contributed by atoms with Crippen molar-refractivity contribution in [3.63, 3.8) is 0 Å². The summed E-state index contributed by atoms with van der Waals surface area (Å²) in [5, 5.41) is 3.69. The summed E-state index contributed by atoms with van der Waals surface area (Å²) in [5.41, 5.74) is 2.13. The van der Waals surface area contributed by atoms with Crippen LogP contribution in [0, 0.1) is 0 Å². The fourth-order valence-electron chi connectivity index (χ4n) is 4.63. The average molecular weight is 580 g/mol. The maximum Gasteiger partial charge on any atom is 0.271 e. The number of anilines is 1. The Morgan fingerprint density at radius 3 is 2.41 bits per heavy atom. The highest BCUT2D eigenvalue weighted by Crippen LogP contribution is 2.32. The molecule has 41 heavy (non-hydrogen) atoms. The first kappa shape index (κ1) is 26.6. The number of benzene rings is 3. The Labute approximate surface area is 244 Å². The van der Waals surface area contributed by atoms with Crippen LogP contribution in [-0.4, -0.2) is 17.6 Å². The molecule has 0 saturated carbocycles. The zero-order valence-electron chi connectivity index (χ0n) is 22.2. The standard InChI is InChI=1S/C32H25N3O4S2/c1-20-28(30(36)34-22-9-5-3-6-10-22)29(21-13-15-23(38-2)16-14-21)35-31(37)26(41-32(35)33-20)19-24-17-18-27(39-24)40-25-11-7-4-8-12-25/h3-19,29H,1-2H3,(H,34,36)/b26-19-. The van der Waals surface area contributed by atoms with Gasteiger partial charge in [-0.15, -0.1) is 0 Å². The van der Waals surface area contributed by atoms with E-state index in [-0.39, 0.29) is 11.5 Å². The predicted molar refractivity (Wildman–Crippen MR) is 161 cm³/mol. The summed E-state index contributed by atoms with van der Waals surface area (Å²) < 4.78 is 13.4. The van der Waals surface area contributed by atoms with E-state index in [1.54, 1.807) is 24.7 Å². The Balaban J connectivity index is 1.42. The molecule has 0 saturated heterocycles. The van der Waals surface area contributed by atoms with Gasteiger partial charge in [-0.05, 0) is 61.0 Å². The summed E-state index contributed by atoms with van der Waals surface area (Å²) in [6.45, 7) is 1.80. The Kier molecular flexibility index (Phi) is 7.45. The third-order valence-corrected chi connectivity index (χ3v) is 8.48. The number of aromatic nitrogens is 1. The van der Waals surface area contributed by atoms with Gasteiger partial charge in [-0.25, -0.2) is 4.99 Å². The molecular formula is C32H25N3O4S2. The van der Waals surface area contributed by atoms with E-state index in [9.17, 15) is 9.59 Å². The summed E-state index contributed by atoms with van der Waals surface area (Å²) in [5.74, 6) is 0.924. The Morgan fingerprint density at radius 2 is 1.71 bits per heavy atom. The summed E-state index contributed by atoms with van der Waals surface area (Å²) in [4.78, 5) is 33.9. The van der Waals surface area contributed by atoms with Gasteiger partial charge >= 0.3 is 0 Å². The lowest BCUT2D eigenvalue weighted by Crippen LogP contribution is -2.40. The van der Waals surface area contributed by atoms with Gasteiger partial charge in [0, 0.05) is 16.7 Å². The molecule has 1 aliphatic heterocycles. The van der Waals surface area contributed by atoms with Gasteiger partial charge in [0.15, 0.2) is 9.89 Å². The van der Waals surface area contributed by atoms with Crippen molar-refractivity contribution < 1.29 is 13.9 Å². The first-order valence-electron chi connectivity index (χ1n) is 12.9. The van der Waals surface area contributed by atoms with Crippen molar-refractivity contribution in [2.45, 2.75) is 23.0 Å². The fraction of sp³-hybridized carbons (Fsp3) is 0.0938. The van der Waals surface area contributed by atoms with Crippen LogP contribution in [0.5, 0.6) is 5.75 Å². The second kappa shape index (κ2) is 11.5. The molecule has 0 radical (unpaired) electrons. The number of thiazole rings is 1. The highest BCUT2D eigenvalue weighted by atomic mass is 32.2. The van der Waals surface area contributed by atoms with Gasteiger partial charge in [-0.1, -0.05) is 71.6 Å². The van der Waals surface area contributed by atoms with Gasteiger partial charge in [0.2, 0.25) is 0 Å². The van der Waals surface area contributed by atoms with E-state index in [4.69, 9.17) is 14.1 Å². The van der Waals surface area contributed by atoms with Crippen molar-refractivity contribution >= 4 is 40.8 Å². The predicted octanol–water partition coefficient (Wildman–Crippen LogP) is 5.63. The molecule has 0 spiro atoms. The number of hydrogen-bond donors (Lipinski definition) is 1. The molecule has 9 heteroatoms. The van der Waals surface area contributed by atoms with Crippen LogP contribution < -0.4 is 24.9 Å². The largest absolute Gasteiger partial charge is 0.497 e. The molecule has 1 N–H and O–H groups in total. The third-order valence-electron chi connectivity index (χ3n) is 6.57. The molecule has 1 unspecified atom stereocenters. The van der Waals surface area contributed by atoms with Crippen LogP contribution in [0.3, 0.4) is 0 Å². The van der Waals surface area contributed by atoms with Crippen LogP contribution in [0.1, 0.15) is 24.3 Å². The van der Waals surface area contributed by atoms with Crippen LogP contribution in [0.15, 0.2) is 133 Å². The Hall–Kier alpha value is -4.60. The van der Waals surface area contributed by atoms with E-state index in [1.165, 1.54) is 23.1 Å². The molecule has 5 aromatic rings. The first-order valence-corrected chi connectivity index (χ1v) is 14.5. The van der Waals surface area contributed by atoms with Crippen molar-refractivity contribution in [1.29, 1.82) is 0 Å². The second-order valence-corrected chi connectivity index (χ2v) is 11.3. The van der Waals surface area contributed by atoms with Gasteiger partial charge in [0.25, 0.3) is 11.5 Å². The van der Waals surface area contributed by atoms with Crippen LogP contribution >= 0.6 is 23.1 Å². The van der Waals surface area contributed by atoms with E-state index in [0.29, 0.717) is 37.8 Å². The molecule has 6 rings (SSSR count). The minimum atomic E-state index is -0.677. The summed E-state index contributed by atoms with van der Waals surface area (Å²) in [6, 6.07) is 29.6. The molecule has 2 aromatic heterocycles. The Morgan fingerprint density at radius 1 is 1.00 bits per heavy atom. The molecule has 0 fully saturated rings. The van der Waals surface area contributed by atoms with Gasteiger partial charge in [-0.2, -0.15) is 0 Å². The average Bonchev–Trinajstić information content (AvgIpc) is 3.56. The highest BCUT2D eigenvalue weighted by molar-refractivity contribution is 7.99. The molecule has 0 aliphatic carbocycles. The number of carbonyl (C=O) groups is 1. The first-order chi connectivity index (χ1) is 20.0. The van der Waals surface area contributed by atoms with Crippen molar-refractivity contribution in [3.05, 3.63) is 139 Å². The zero-order valence-corrected chi connectivity index (χ0v) is 23.9. The van der Waals surface area contributed by atoms with Crippen LogP contribution in [0.4, 0.5) is 5.69 Å². The van der Waals surface area contributed by atoms with E-state index in [0.717, 1.165) is 15.6 Å². The number of rotatable bonds is 7. The number of para-hydroxylation sites is 1. The maximum absolute atomic E-state index is 13.9. The smallest absolute Gasteiger partial charge is 0.271 e. The molecule has 3 aromatic carbocycles. The molecule has 7 nitrogen and oxygen atoms in total. The lowest BCUT2D eigenvalue weighted by atomic mass is 9.95. The minimum Gasteiger partial charge on any atom is -0.497 e. The van der Waals surface area contributed by atoms with Crippen LogP contribution in [0.2, 0.25) is 0 Å². The highest BCUT2D eigenvalue weighted by Gasteiger charge is 2.32. The molecule has 1 aliphatic rings. The lowest BCUT2D eigenvalue weighted by molar-refractivity contribution is -0.113. The van der Waals surface area contributed by atoms with Crippen molar-refractivity contribution in [3.8, 4) is 5.75 Å². The summed E-state index contributed by atoms with van der Waals surface area (Å²) >= 11 is 2.78. The van der Waals surface area contributed by atoms with Crippen molar-refractivity contribution in [2.24, 2.45) is 4.99 Å². The zero-order chi connectivity index (χ0) is 28.3. The van der Waals surface area contributed by atoms with E-state index < -0.39 is 6.04 Å². The molecular weight excluding hydrogens is 555 g/mol. The maximum atomic E-state index is 13.9.